The lowest BCUT2D eigenvalue weighted by Gasteiger charge is -2.35. The van der Waals surface area contributed by atoms with Gasteiger partial charge in [0.15, 0.2) is 0 Å². The van der Waals surface area contributed by atoms with E-state index in [0.717, 1.165) is 37.3 Å². The molecule has 2 rings (SSSR count). The molecule has 1 aliphatic heterocycles. The Bertz CT molecular complexity index is 627. The minimum Gasteiger partial charge on any atom is -0.468 e. The van der Waals surface area contributed by atoms with Gasteiger partial charge in [-0.15, -0.1) is 0 Å². The summed E-state index contributed by atoms with van der Waals surface area (Å²) in [6.07, 6.45) is 3.57. The average molecular weight is 351 g/mol. The molecule has 0 saturated carbocycles. The molecule has 0 atom stereocenters. The van der Waals surface area contributed by atoms with Crippen molar-refractivity contribution in [1.29, 1.82) is 0 Å². The highest BCUT2D eigenvalue weighted by Crippen LogP contribution is 2.23. The van der Waals surface area contributed by atoms with E-state index >= 15 is 0 Å². The summed E-state index contributed by atoms with van der Waals surface area (Å²) < 4.78 is 4.85. The van der Waals surface area contributed by atoms with E-state index in [-0.39, 0.29) is 23.7 Å². The second kappa shape index (κ2) is 8.80. The summed E-state index contributed by atoms with van der Waals surface area (Å²) in [5.41, 5.74) is 1.69. The molecule has 0 bridgehead atoms. The minimum absolute atomic E-state index is 0.174. The summed E-state index contributed by atoms with van der Waals surface area (Å²) >= 11 is 5.96. The average Bonchev–Trinajstić information content (AvgIpc) is 2.62. The molecule has 6 nitrogen and oxygen atoms in total. The van der Waals surface area contributed by atoms with Crippen LogP contribution in [0.5, 0.6) is 0 Å². The van der Waals surface area contributed by atoms with Gasteiger partial charge in [-0.2, -0.15) is 0 Å². The van der Waals surface area contributed by atoms with Crippen LogP contribution in [0.2, 0.25) is 0 Å². The van der Waals surface area contributed by atoms with Crippen molar-refractivity contribution in [3.8, 4) is 0 Å². The van der Waals surface area contributed by atoms with E-state index < -0.39 is 0 Å². The molecule has 1 aliphatic rings. The Hall–Kier alpha value is -1.92. The van der Waals surface area contributed by atoms with Gasteiger partial charge in [0, 0.05) is 12.1 Å². The Morgan fingerprint density at radius 3 is 2.88 bits per heavy atom. The van der Waals surface area contributed by atoms with Crippen LogP contribution in [0.4, 0.5) is 5.82 Å². The zero-order valence-electron chi connectivity index (χ0n) is 14.1. The highest BCUT2D eigenvalue weighted by atomic mass is 35.5. The second-order valence-corrected chi connectivity index (χ2v) is 6.07. The number of methoxy groups -OCH3 is 1. The number of nitrogens with zero attached hydrogens (tertiary/aromatic N) is 3. The molecule has 1 aromatic rings. The number of piperidine rings is 1. The van der Waals surface area contributed by atoms with Gasteiger partial charge in [0.25, 0.3) is 0 Å². The van der Waals surface area contributed by atoms with Crippen molar-refractivity contribution >= 4 is 36.2 Å². The number of hydrogen-bond acceptors (Lipinski definition) is 6. The molecule has 24 heavy (non-hydrogen) atoms. The first kappa shape index (κ1) is 18.4. The lowest BCUT2D eigenvalue weighted by atomic mass is 10.0. The molecular formula is C17H23ClN4O2. The van der Waals surface area contributed by atoms with Crippen LogP contribution in [0.3, 0.4) is 0 Å². The first-order chi connectivity index (χ1) is 11.5. The number of nitrogens with one attached hydrogen (secondary N) is 1. The molecule has 2 heterocycles. The fourth-order valence-electron chi connectivity index (χ4n) is 2.72. The Balaban J connectivity index is 2.35. The molecule has 0 unspecified atom stereocenters. The lowest BCUT2D eigenvalue weighted by molar-refractivity contribution is -0.139. The van der Waals surface area contributed by atoms with Gasteiger partial charge in [-0.25, -0.2) is 4.98 Å². The van der Waals surface area contributed by atoms with E-state index in [1.165, 1.54) is 7.11 Å². The highest BCUT2D eigenvalue weighted by Gasteiger charge is 2.25. The van der Waals surface area contributed by atoms with E-state index in [1.807, 2.05) is 24.0 Å². The number of ether oxygens (including phenoxy) is 1. The summed E-state index contributed by atoms with van der Waals surface area (Å²) in [5.74, 6) is 0.455. The van der Waals surface area contributed by atoms with E-state index in [2.05, 4.69) is 22.0 Å². The first-order valence-electron chi connectivity index (χ1n) is 7.91. The second-order valence-electron chi connectivity index (χ2n) is 5.68. The van der Waals surface area contributed by atoms with Crippen molar-refractivity contribution < 1.29 is 9.53 Å². The SMILES string of the molecule is C=N/C(Cl)=C\c1nc(N(CC(=O)OC)C2CCNCC2)ccc1C. The quantitative estimate of drug-likeness (QED) is 0.484. The normalized spacial score (nSPS) is 15.9. The number of aryl methyl sites for hydroxylation is 1. The molecule has 1 fully saturated rings. The van der Waals surface area contributed by atoms with Gasteiger partial charge in [-0.3, -0.25) is 9.79 Å². The Labute approximate surface area is 147 Å². The number of esters is 1. The number of aromatic nitrogens is 1. The van der Waals surface area contributed by atoms with Crippen LogP contribution in [0, 0.1) is 6.92 Å². The largest absolute Gasteiger partial charge is 0.468 e. The molecule has 1 N–H and O–H groups in total. The maximum Gasteiger partial charge on any atom is 0.325 e. The van der Waals surface area contributed by atoms with Gasteiger partial charge in [0.05, 0.1) is 12.8 Å². The van der Waals surface area contributed by atoms with Crippen molar-refractivity contribution in [2.45, 2.75) is 25.8 Å². The Morgan fingerprint density at radius 1 is 1.54 bits per heavy atom. The van der Waals surface area contributed by atoms with Crippen LogP contribution in [-0.2, 0) is 9.53 Å². The van der Waals surface area contributed by atoms with Crippen LogP contribution < -0.4 is 10.2 Å². The number of rotatable bonds is 6. The van der Waals surface area contributed by atoms with Gasteiger partial charge >= 0.3 is 5.97 Å². The topological polar surface area (TPSA) is 66.8 Å². The third-order valence-electron chi connectivity index (χ3n) is 4.10. The summed E-state index contributed by atoms with van der Waals surface area (Å²) in [4.78, 5) is 22.2. The van der Waals surface area contributed by atoms with Crippen molar-refractivity contribution in [2.24, 2.45) is 4.99 Å². The monoisotopic (exact) mass is 350 g/mol. The van der Waals surface area contributed by atoms with Crippen LogP contribution in [-0.4, -0.2) is 50.5 Å². The maximum absolute atomic E-state index is 11.9. The van der Waals surface area contributed by atoms with Crippen molar-refractivity contribution in [3.63, 3.8) is 0 Å². The number of hydrogen-bond donors (Lipinski definition) is 1. The van der Waals surface area contributed by atoms with Crippen LogP contribution >= 0.6 is 11.6 Å². The summed E-state index contributed by atoms with van der Waals surface area (Å²) in [6.45, 7) is 7.38. The predicted octanol–water partition coefficient (Wildman–Crippen LogP) is 2.36. The zero-order chi connectivity index (χ0) is 17.5. The van der Waals surface area contributed by atoms with E-state index in [9.17, 15) is 4.79 Å². The lowest BCUT2D eigenvalue weighted by Crippen LogP contribution is -2.46. The number of carbonyl (C=O) groups excluding carboxylic acids is 1. The molecule has 1 aromatic heterocycles. The van der Waals surface area contributed by atoms with Gasteiger partial charge < -0.3 is 15.0 Å². The standard InChI is InChI=1S/C17H23ClN4O2/c1-12-4-5-16(21-14(12)10-15(18)19-2)22(11-17(23)24-3)13-6-8-20-9-7-13/h4-5,10,13,20H,2,6-9,11H2,1,3H3/b15-10-. The number of anilines is 1. The fraction of sp³-hybridized carbons (Fsp3) is 0.471. The molecule has 0 aromatic carbocycles. The molecule has 130 valence electrons. The molecule has 0 aliphatic carbocycles. The van der Waals surface area contributed by atoms with Gasteiger partial charge in [0.1, 0.15) is 17.5 Å². The van der Waals surface area contributed by atoms with Gasteiger partial charge in [-0.1, -0.05) is 17.7 Å². The number of pyridine rings is 1. The Kier molecular flexibility index (Phi) is 6.75. The zero-order valence-corrected chi connectivity index (χ0v) is 14.8. The molecule has 0 radical (unpaired) electrons. The maximum atomic E-state index is 11.9. The van der Waals surface area contributed by atoms with E-state index in [0.29, 0.717) is 5.69 Å². The molecular weight excluding hydrogens is 328 g/mol. The third kappa shape index (κ3) is 4.79. The molecule has 0 amide bonds. The molecule has 1 saturated heterocycles. The number of aliphatic imine (C=N–C) groups is 1. The van der Waals surface area contributed by atoms with E-state index in [1.54, 1.807) is 6.08 Å². The van der Waals surface area contributed by atoms with Crippen molar-refractivity contribution in [1.82, 2.24) is 10.3 Å². The Morgan fingerprint density at radius 2 is 2.25 bits per heavy atom. The predicted molar refractivity (Wildman–Crippen MR) is 97.6 cm³/mol. The van der Waals surface area contributed by atoms with Crippen LogP contribution in [0.25, 0.3) is 6.08 Å². The summed E-state index contributed by atoms with van der Waals surface area (Å²) in [5, 5.41) is 3.61. The first-order valence-corrected chi connectivity index (χ1v) is 8.28. The van der Waals surface area contributed by atoms with Crippen molar-refractivity contribution in [3.05, 3.63) is 28.5 Å². The molecule has 7 heteroatoms. The fourth-order valence-corrected chi connectivity index (χ4v) is 2.82. The smallest absolute Gasteiger partial charge is 0.325 e. The van der Waals surface area contributed by atoms with Gasteiger partial charge in [-0.05, 0) is 51.2 Å². The number of halogens is 1. The van der Waals surface area contributed by atoms with Gasteiger partial charge in [0.2, 0.25) is 0 Å². The summed E-state index contributed by atoms with van der Waals surface area (Å²) in [7, 11) is 1.40. The number of carbonyl (C=O) groups is 1. The van der Waals surface area contributed by atoms with Crippen LogP contribution in [0.1, 0.15) is 24.1 Å². The minimum atomic E-state index is -0.279. The van der Waals surface area contributed by atoms with Crippen molar-refractivity contribution in [2.75, 3.05) is 31.6 Å². The van der Waals surface area contributed by atoms with E-state index in [4.69, 9.17) is 16.3 Å². The molecule has 0 spiro atoms. The third-order valence-corrected chi connectivity index (χ3v) is 4.33. The summed E-state index contributed by atoms with van der Waals surface area (Å²) in [6, 6.07) is 4.13. The van der Waals surface area contributed by atoms with Crippen LogP contribution in [0.15, 0.2) is 22.3 Å². The highest BCUT2D eigenvalue weighted by molar-refractivity contribution is 6.31.